The molecule has 5 rings (SSSR count). The number of amides is 1. The number of aliphatic hydroxyl groups is 1. The van der Waals surface area contributed by atoms with Crippen LogP contribution in [0.3, 0.4) is 0 Å². The molecule has 2 N–H and O–H groups in total. The molecule has 0 radical (unpaired) electrons. The van der Waals surface area contributed by atoms with Crippen molar-refractivity contribution >= 4 is 29.2 Å². The van der Waals surface area contributed by atoms with Crippen molar-refractivity contribution < 1.29 is 24.1 Å². The third-order valence-corrected chi connectivity index (χ3v) is 9.27. The fraction of sp³-hybridized carbons (Fsp3) is 0.303. The molecule has 224 valence electrons. The van der Waals surface area contributed by atoms with Crippen LogP contribution in [0.4, 0.5) is 4.79 Å². The lowest BCUT2D eigenvalue weighted by Crippen LogP contribution is -2.38. The van der Waals surface area contributed by atoms with Gasteiger partial charge in [-0.2, -0.15) is 0 Å². The van der Waals surface area contributed by atoms with E-state index in [0.29, 0.717) is 6.54 Å². The summed E-state index contributed by atoms with van der Waals surface area (Å²) in [6.07, 6.45) is 0.234. The lowest BCUT2D eigenvalue weighted by atomic mass is 9.91. The average molecular weight is 618 g/mol. The van der Waals surface area contributed by atoms with Gasteiger partial charge in [-0.3, -0.25) is 0 Å². The van der Waals surface area contributed by atoms with E-state index in [1.165, 1.54) is 6.08 Å². The van der Waals surface area contributed by atoms with Crippen LogP contribution >= 0.6 is 23.1 Å². The quantitative estimate of drug-likeness (QED) is 0.137. The summed E-state index contributed by atoms with van der Waals surface area (Å²) < 4.78 is 19.1. The fourth-order valence-electron chi connectivity index (χ4n) is 4.85. The average Bonchev–Trinajstić information content (AvgIpc) is 3.47. The number of aryl methyl sites for hydroxylation is 1. The van der Waals surface area contributed by atoms with Crippen LogP contribution in [0.2, 0.25) is 0 Å². The van der Waals surface area contributed by atoms with Crippen LogP contribution in [0.15, 0.2) is 89.8 Å². The van der Waals surface area contributed by atoms with E-state index in [9.17, 15) is 9.90 Å². The van der Waals surface area contributed by atoms with Crippen LogP contribution in [-0.4, -0.2) is 39.9 Å². The molecular weight excluding hydrogens is 583 g/mol. The van der Waals surface area contributed by atoms with E-state index >= 15 is 0 Å². The number of thioether (sulfide) groups is 1. The highest BCUT2D eigenvalue weighted by Gasteiger charge is 2.38. The summed E-state index contributed by atoms with van der Waals surface area (Å²) in [4.78, 5) is 11.8. The van der Waals surface area contributed by atoms with Gasteiger partial charge < -0.3 is 24.6 Å². The summed E-state index contributed by atoms with van der Waals surface area (Å²) in [7, 11) is 0. The first-order valence-electron chi connectivity index (χ1n) is 14.1. The third-order valence-electron chi connectivity index (χ3n) is 7.21. The Morgan fingerprint density at radius 2 is 1.81 bits per heavy atom. The second kappa shape index (κ2) is 14.8. The smallest absolute Gasteiger partial charge is 0.407 e. The summed E-state index contributed by atoms with van der Waals surface area (Å²) in [6, 6.07) is 24.1. The molecule has 0 bridgehead atoms. The first-order chi connectivity index (χ1) is 20.9. The lowest BCUT2D eigenvalue weighted by molar-refractivity contribution is -0.268. The van der Waals surface area contributed by atoms with Crippen molar-refractivity contribution in [3.63, 3.8) is 0 Å². The lowest BCUT2D eigenvalue weighted by Gasteiger charge is -2.41. The van der Waals surface area contributed by atoms with Gasteiger partial charge in [0.15, 0.2) is 10.6 Å². The van der Waals surface area contributed by atoms with Gasteiger partial charge >= 0.3 is 6.09 Å². The second-order valence-corrected chi connectivity index (χ2v) is 12.7. The highest BCUT2D eigenvalue weighted by molar-refractivity contribution is 8.01. The van der Waals surface area contributed by atoms with Crippen molar-refractivity contribution in [3.8, 4) is 11.1 Å². The van der Waals surface area contributed by atoms with E-state index in [-0.39, 0.29) is 31.3 Å². The van der Waals surface area contributed by atoms with E-state index in [1.54, 1.807) is 23.1 Å². The Morgan fingerprint density at radius 3 is 2.51 bits per heavy atom. The van der Waals surface area contributed by atoms with Crippen molar-refractivity contribution in [1.82, 2.24) is 15.5 Å². The number of nitrogens with zero attached hydrogens (tertiary/aromatic N) is 2. The van der Waals surface area contributed by atoms with Crippen molar-refractivity contribution in [2.24, 2.45) is 5.92 Å². The number of rotatable bonds is 11. The zero-order valence-electron chi connectivity index (χ0n) is 24.1. The number of ether oxygens (including phenoxy) is 3. The van der Waals surface area contributed by atoms with Gasteiger partial charge in [-0.15, -0.1) is 10.2 Å². The van der Waals surface area contributed by atoms with Crippen LogP contribution < -0.4 is 5.32 Å². The molecule has 2 heterocycles. The maximum atomic E-state index is 11.8. The van der Waals surface area contributed by atoms with Gasteiger partial charge in [-0.05, 0) is 40.8 Å². The summed E-state index contributed by atoms with van der Waals surface area (Å²) in [5.41, 5.74) is 5.88. The van der Waals surface area contributed by atoms with Gasteiger partial charge in [-0.1, -0.05) is 109 Å². The summed E-state index contributed by atoms with van der Waals surface area (Å²) in [5.74, 6) is 0.809. The molecule has 8 nitrogen and oxygen atoms in total. The molecule has 10 heteroatoms. The van der Waals surface area contributed by atoms with Gasteiger partial charge in [0.1, 0.15) is 11.6 Å². The molecule has 43 heavy (non-hydrogen) atoms. The molecule has 1 fully saturated rings. The first-order valence-corrected chi connectivity index (χ1v) is 15.9. The van der Waals surface area contributed by atoms with Crippen LogP contribution in [0.25, 0.3) is 11.1 Å². The molecule has 0 spiro atoms. The van der Waals surface area contributed by atoms with Crippen molar-refractivity contribution in [2.75, 3.05) is 12.4 Å². The molecule has 1 aromatic heterocycles. The Bertz CT molecular complexity index is 1510. The number of aliphatic hydroxyl groups excluding tert-OH is 1. The van der Waals surface area contributed by atoms with Gasteiger partial charge in [0.05, 0.1) is 18.8 Å². The Balaban J connectivity index is 1.32. The molecular formula is C33H35N3O5S2. The van der Waals surface area contributed by atoms with Crippen LogP contribution in [0.5, 0.6) is 0 Å². The van der Waals surface area contributed by atoms with Crippen LogP contribution in [0, 0.1) is 12.8 Å². The molecule has 0 unspecified atom stereocenters. The molecule has 1 aliphatic rings. The largest absolute Gasteiger partial charge is 0.445 e. The normalized spacial score (nSPS) is 20.0. The highest BCUT2D eigenvalue weighted by atomic mass is 32.2. The number of carbonyl (C=O) groups is 1. The minimum atomic E-state index is -0.549. The molecule has 1 saturated heterocycles. The molecule has 4 atom stereocenters. The minimum Gasteiger partial charge on any atom is -0.445 e. The molecule has 3 aromatic carbocycles. The van der Waals surface area contributed by atoms with Gasteiger partial charge in [0, 0.05) is 23.8 Å². The summed E-state index contributed by atoms with van der Waals surface area (Å²) >= 11 is 3.24. The topological polar surface area (TPSA) is 103 Å². The summed E-state index contributed by atoms with van der Waals surface area (Å²) in [5, 5.41) is 21.6. The van der Waals surface area contributed by atoms with E-state index < -0.39 is 12.4 Å². The maximum Gasteiger partial charge on any atom is 0.407 e. The number of hydrogen-bond acceptors (Lipinski definition) is 9. The second-order valence-electron chi connectivity index (χ2n) is 10.3. The number of aromatic nitrogens is 2. The van der Waals surface area contributed by atoms with Crippen molar-refractivity contribution in [1.29, 1.82) is 0 Å². The molecule has 1 aliphatic heterocycles. The molecule has 1 amide bonds. The number of alkyl carbamates (subject to hydrolysis) is 1. The third kappa shape index (κ3) is 8.10. The van der Waals surface area contributed by atoms with E-state index in [4.69, 9.17) is 14.2 Å². The van der Waals surface area contributed by atoms with Crippen molar-refractivity contribution in [3.05, 3.63) is 113 Å². The minimum absolute atomic E-state index is 0.00165. The monoisotopic (exact) mass is 617 g/mol. The van der Waals surface area contributed by atoms with E-state index in [1.807, 2.05) is 67.6 Å². The Labute approximate surface area is 260 Å². The predicted molar refractivity (Wildman–Crippen MR) is 169 cm³/mol. The maximum absolute atomic E-state index is 11.8. The van der Waals surface area contributed by atoms with Crippen LogP contribution in [-0.2, 0) is 27.4 Å². The summed E-state index contributed by atoms with van der Waals surface area (Å²) in [6.45, 7) is 8.19. The van der Waals surface area contributed by atoms with Gasteiger partial charge in [0.25, 0.3) is 0 Å². The Hall–Kier alpha value is -3.54. The Morgan fingerprint density at radius 1 is 1.05 bits per heavy atom. The number of nitrogens with one attached hydrogen (secondary N) is 1. The van der Waals surface area contributed by atoms with E-state index in [2.05, 4.69) is 41.1 Å². The number of hydrogen-bond donors (Lipinski definition) is 2. The molecule has 0 aliphatic carbocycles. The fourth-order valence-corrected chi connectivity index (χ4v) is 6.86. The van der Waals surface area contributed by atoms with Gasteiger partial charge in [-0.25, -0.2) is 4.79 Å². The highest BCUT2D eigenvalue weighted by Crippen LogP contribution is 2.43. The zero-order valence-corrected chi connectivity index (χ0v) is 25.8. The van der Waals surface area contributed by atoms with Crippen molar-refractivity contribution in [2.45, 2.75) is 49.8 Å². The van der Waals surface area contributed by atoms with Gasteiger partial charge in [0.2, 0.25) is 0 Å². The number of benzene rings is 3. The Kier molecular flexibility index (Phi) is 10.6. The number of carbonyl (C=O) groups excluding carboxylic acids is 1. The molecule has 0 saturated carbocycles. The van der Waals surface area contributed by atoms with E-state index in [0.717, 1.165) is 48.5 Å². The zero-order chi connectivity index (χ0) is 30.2. The van der Waals surface area contributed by atoms with Crippen LogP contribution in [0.1, 0.15) is 46.6 Å². The first kappa shape index (κ1) is 30.9. The predicted octanol–water partition coefficient (Wildman–Crippen LogP) is 7.00. The molecule has 4 aromatic rings. The standard InChI is InChI=1S/C33H35N3O5S2/c1-4-16-39-32(38)34-18-24-6-5-7-28(17-24)25-12-14-27(15-13-25)31-40-29(20-42-33-36-35-22(3)43-33)21(2)30(41-31)26-10-8-23(19-37)9-11-26/h4-15,17,21,29-31,37H,1,16,18-20H2,2-3H3,(H,34,38)/t21-,29+,30+,31+/m0/s1. The SMILES string of the molecule is C=CCOC(=O)NCc1cccc(-c2ccc([C@@H]3O[C@H](CSc4nnc(C)s4)[C@H](C)[C@H](c4ccc(CO)cc4)O3)cc2)c1.